The fourth-order valence-electron chi connectivity index (χ4n) is 3.39. The Morgan fingerprint density at radius 2 is 1.73 bits per heavy atom. The SMILES string of the molecule is CCCCC(Oc1ccc(OCC(=O)O)c(C)c1)c1cccc(-c2ccccc2)c1. The maximum atomic E-state index is 10.7. The molecule has 1 atom stereocenters. The summed E-state index contributed by atoms with van der Waals surface area (Å²) >= 11 is 0. The molecule has 0 fully saturated rings. The Kier molecular flexibility index (Phi) is 7.50. The molecule has 156 valence electrons. The molecule has 0 radical (unpaired) electrons. The number of ether oxygens (including phenoxy) is 2. The van der Waals surface area contributed by atoms with Crippen molar-refractivity contribution in [3.05, 3.63) is 83.9 Å². The van der Waals surface area contributed by atoms with Gasteiger partial charge in [-0.3, -0.25) is 0 Å². The van der Waals surface area contributed by atoms with Crippen LogP contribution in [-0.2, 0) is 4.79 Å². The maximum absolute atomic E-state index is 10.7. The quantitative estimate of drug-likeness (QED) is 0.423. The minimum atomic E-state index is -0.993. The van der Waals surface area contributed by atoms with E-state index in [4.69, 9.17) is 14.6 Å². The molecule has 0 saturated heterocycles. The smallest absolute Gasteiger partial charge is 0.341 e. The molecule has 0 saturated carbocycles. The standard InChI is InChI=1S/C26H28O4/c1-3-4-13-25(22-12-8-11-21(17-22)20-9-6-5-7-10-20)30-23-14-15-24(19(2)16-23)29-18-26(27)28/h5-12,14-17,25H,3-4,13,18H2,1-2H3,(H,27,28). The van der Waals surface area contributed by atoms with Crippen molar-refractivity contribution in [1.29, 1.82) is 0 Å². The summed E-state index contributed by atoms with van der Waals surface area (Å²) < 4.78 is 11.7. The van der Waals surface area contributed by atoms with Crippen LogP contribution in [0.5, 0.6) is 11.5 Å². The van der Waals surface area contributed by atoms with Gasteiger partial charge in [0.2, 0.25) is 0 Å². The molecule has 0 aromatic heterocycles. The summed E-state index contributed by atoms with van der Waals surface area (Å²) in [4.78, 5) is 10.7. The van der Waals surface area contributed by atoms with Crippen LogP contribution in [0.1, 0.15) is 43.4 Å². The topological polar surface area (TPSA) is 55.8 Å². The number of carboxylic acids is 1. The van der Waals surface area contributed by atoms with E-state index in [-0.39, 0.29) is 12.7 Å². The average molecular weight is 405 g/mol. The molecule has 0 aliphatic carbocycles. The normalized spacial score (nSPS) is 11.7. The fourth-order valence-corrected chi connectivity index (χ4v) is 3.39. The van der Waals surface area contributed by atoms with Crippen LogP contribution in [0.15, 0.2) is 72.8 Å². The van der Waals surface area contributed by atoms with Crippen molar-refractivity contribution in [2.75, 3.05) is 6.61 Å². The molecule has 0 spiro atoms. The minimum absolute atomic E-state index is 0.0567. The number of aliphatic carboxylic acids is 1. The molecule has 3 aromatic rings. The highest BCUT2D eigenvalue weighted by atomic mass is 16.5. The van der Waals surface area contributed by atoms with Crippen molar-refractivity contribution in [3.8, 4) is 22.6 Å². The van der Waals surface area contributed by atoms with E-state index in [0.717, 1.165) is 36.1 Å². The highest BCUT2D eigenvalue weighted by molar-refractivity contribution is 5.68. The highest BCUT2D eigenvalue weighted by Crippen LogP contribution is 2.32. The summed E-state index contributed by atoms with van der Waals surface area (Å²) in [5, 5.41) is 8.80. The lowest BCUT2D eigenvalue weighted by Crippen LogP contribution is -2.10. The van der Waals surface area contributed by atoms with Crippen molar-refractivity contribution in [2.24, 2.45) is 0 Å². The van der Waals surface area contributed by atoms with Crippen LogP contribution in [0.2, 0.25) is 0 Å². The van der Waals surface area contributed by atoms with E-state index in [1.54, 1.807) is 6.07 Å². The number of hydrogen-bond donors (Lipinski definition) is 1. The number of aryl methyl sites for hydroxylation is 1. The summed E-state index contributed by atoms with van der Waals surface area (Å²) in [5.74, 6) is 0.315. The molecular formula is C26H28O4. The molecule has 0 heterocycles. The Balaban J connectivity index is 1.81. The fraction of sp³-hybridized carbons (Fsp3) is 0.269. The van der Waals surface area contributed by atoms with E-state index in [2.05, 4.69) is 43.3 Å². The number of carboxylic acid groups (broad SMARTS) is 1. The van der Waals surface area contributed by atoms with Crippen LogP contribution in [0.3, 0.4) is 0 Å². The molecule has 1 unspecified atom stereocenters. The van der Waals surface area contributed by atoms with Gasteiger partial charge < -0.3 is 14.6 Å². The van der Waals surface area contributed by atoms with Gasteiger partial charge in [0.25, 0.3) is 0 Å². The summed E-state index contributed by atoms with van der Waals surface area (Å²) in [6.45, 7) is 3.71. The van der Waals surface area contributed by atoms with Gasteiger partial charge in [0.05, 0.1) is 0 Å². The van der Waals surface area contributed by atoms with Crippen molar-refractivity contribution in [1.82, 2.24) is 0 Å². The van der Waals surface area contributed by atoms with Crippen LogP contribution in [0, 0.1) is 6.92 Å². The van der Waals surface area contributed by atoms with Crippen LogP contribution in [-0.4, -0.2) is 17.7 Å². The van der Waals surface area contributed by atoms with Gasteiger partial charge in [0.1, 0.15) is 17.6 Å². The van der Waals surface area contributed by atoms with Crippen molar-refractivity contribution in [3.63, 3.8) is 0 Å². The molecule has 4 heteroatoms. The lowest BCUT2D eigenvalue weighted by atomic mass is 9.98. The van der Waals surface area contributed by atoms with Crippen LogP contribution in [0.4, 0.5) is 0 Å². The molecular weight excluding hydrogens is 376 g/mol. The van der Waals surface area contributed by atoms with E-state index < -0.39 is 5.97 Å². The number of benzene rings is 3. The zero-order valence-corrected chi connectivity index (χ0v) is 17.5. The first kappa shape index (κ1) is 21.4. The first-order valence-corrected chi connectivity index (χ1v) is 10.3. The molecule has 0 amide bonds. The molecule has 30 heavy (non-hydrogen) atoms. The molecule has 1 N–H and O–H groups in total. The second kappa shape index (κ2) is 10.5. The molecule has 3 rings (SSSR count). The van der Waals surface area contributed by atoms with Gasteiger partial charge >= 0.3 is 5.97 Å². The number of unbranched alkanes of at least 4 members (excludes halogenated alkanes) is 1. The Morgan fingerprint density at radius 1 is 0.967 bits per heavy atom. The van der Waals surface area contributed by atoms with E-state index >= 15 is 0 Å². The van der Waals surface area contributed by atoms with Gasteiger partial charge in [-0.05, 0) is 66.3 Å². The summed E-state index contributed by atoms with van der Waals surface area (Å²) in [7, 11) is 0. The zero-order chi connectivity index (χ0) is 21.3. The van der Waals surface area contributed by atoms with Crippen LogP contribution < -0.4 is 9.47 Å². The predicted molar refractivity (Wildman–Crippen MR) is 119 cm³/mol. The van der Waals surface area contributed by atoms with E-state index in [1.165, 1.54) is 11.1 Å². The van der Waals surface area contributed by atoms with Crippen molar-refractivity contribution < 1.29 is 19.4 Å². The molecule has 3 aromatic carbocycles. The van der Waals surface area contributed by atoms with Crippen molar-refractivity contribution >= 4 is 5.97 Å². The first-order valence-electron chi connectivity index (χ1n) is 10.3. The molecule has 4 nitrogen and oxygen atoms in total. The van der Waals surface area contributed by atoms with Gasteiger partial charge in [-0.25, -0.2) is 4.79 Å². The third-order valence-electron chi connectivity index (χ3n) is 4.96. The van der Waals surface area contributed by atoms with Gasteiger partial charge in [0.15, 0.2) is 6.61 Å². The van der Waals surface area contributed by atoms with E-state index in [9.17, 15) is 4.79 Å². The number of rotatable bonds is 10. The number of carbonyl (C=O) groups is 1. The summed E-state index contributed by atoms with van der Waals surface area (Å²) in [5.41, 5.74) is 4.35. The summed E-state index contributed by atoms with van der Waals surface area (Å²) in [6, 6.07) is 24.4. The molecule has 0 aliphatic rings. The lowest BCUT2D eigenvalue weighted by molar-refractivity contribution is -0.139. The Labute approximate surface area is 178 Å². The van der Waals surface area contributed by atoms with Crippen molar-refractivity contribution in [2.45, 2.75) is 39.2 Å². The number of hydrogen-bond acceptors (Lipinski definition) is 3. The van der Waals surface area contributed by atoms with Gasteiger partial charge in [0, 0.05) is 0 Å². The second-order valence-corrected chi connectivity index (χ2v) is 7.35. The lowest BCUT2D eigenvalue weighted by Gasteiger charge is -2.21. The average Bonchev–Trinajstić information content (AvgIpc) is 2.76. The maximum Gasteiger partial charge on any atom is 0.341 e. The highest BCUT2D eigenvalue weighted by Gasteiger charge is 2.15. The third-order valence-corrected chi connectivity index (χ3v) is 4.96. The monoisotopic (exact) mass is 404 g/mol. The Bertz CT molecular complexity index is 966. The second-order valence-electron chi connectivity index (χ2n) is 7.35. The third kappa shape index (κ3) is 5.86. The van der Waals surface area contributed by atoms with E-state index in [1.807, 2.05) is 37.3 Å². The minimum Gasteiger partial charge on any atom is -0.486 e. The van der Waals surface area contributed by atoms with Crippen LogP contribution >= 0.6 is 0 Å². The largest absolute Gasteiger partial charge is 0.486 e. The molecule has 0 aliphatic heterocycles. The zero-order valence-electron chi connectivity index (χ0n) is 17.5. The summed E-state index contributed by atoms with van der Waals surface area (Å²) in [6.07, 6.45) is 3.03. The van der Waals surface area contributed by atoms with Gasteiger partial charge in [-0.1, -0.05) is 61.9 Å². The Morgan fingerprint density at radius 3 is 2.43 bits per heavy atom. The Hall–Kier alpha value is -3.27. The van der Waals surface area contributed by atoms with Gasteiger partial charge in [-0.2, -0.15) is 0 Å². The first-order chi connectivity index (χ1) is 14.6. The van der Waals surface area contributed by atoms with Crippen LogP contribution in [0.25, 0.3) is 11.1 Å². The van der Waals surface area contributed by atoms with E-state index in [0.29, 0.717) is 5.75 Å². The van der Waals surface area contributed by atoms with Gasteiger partial charge in [-0.15, -0.1) is 0 Å². The molecule has 0 bridgehead atoms. The predicted octanol–water partition coefficient (Wildman–Crippen LogP) is 6.44.